The summed E-state index contributed by atoms with van der Waals surface area (Å²) in [5.74, 6) is 0. The van der Waals surface area contributed by atoms with Crippen LogP contribution in [0.25, 0.3) is 0 Å². The molecule has 0 saturated carbocycles. The zero-order chi connectivity index (χ0) is 16.9. The van der Waals surface area contributed by atoms with Crippen molar-refractivity contribution < 1.29 is 0 Å². The summed E-state index contributed by atoms with van der Waals surface area (Å²) in [6.07, 6.45) is 2.20. The van der Waals surface area contributed by atoms with E-state index in [1.807, 2.05) is 24.3 Å². The third-order valence-electron chi connectivity index (χ3n) is 4.29. The molecule has 0 amide bonds. The van der Waals surface area contributed by atoms with Crippen molar-refractivity contribution in [3.8, 4) is 0 Å². The van der Waals surface area contributed by atoms with Gasteiger partial charge in [-0.3, -0.25) is 0 Å². The van der Waals surface area contributed by atoms with Crippen molar-refractivity contribution in [1.82, 2.24) is 5.32 Å². The molecule has 5 heteroatoms. The van der Waals surface area contributed by atoms with E-state index in [-0.39, 0.29) is 0 Å². The fourth-order valence-corrected chi connectivity index (χ4v) is 3.78. The van der Waals surface area contributed by atoms with Crippen molar-refractivity contribution in [2.24, 2.45) is 0 Å². The second kappa shape index (κ2) is 7.99. The number of nitrogens with one attached hydrogen (secondary N) is 2. The minimum Gasteiger partial charge on any atom is -0.368 e. The first-order valence-electron chi connectivity index (χ1n) is 8.28. The van der Waals surface area contributed by atoms with Crippen LogP contribution in [0.2, 0.25) is 0 Å². The molecule has 3 rings (SSSR count). The first-order valence-corrected chi connectivity index (χ1v) is 9.48. The first-order chi connectivity index (χ1) is 11.6. The lowest BCUT2D eigenvalue weighted by atomic mass is 10.1. The largest absolute Gasteiger partial charge is 0.368 e. The summed E-state index contributed by atoms with van der Waals surface area (Å²) in [6.45, 7) is 4.21. The Hall–Kier alpha value is -1.59. The Morgan fingerprint density at radius 1 is 1.25 bits per heavy atom. The van der Waals surface area contributed by atoms with Crippen LogP contribution in [0.4, 0.5) is 11.4 Å². The average Bonchev–Trinajstić information content (AvgIpc) is 2.87. The van der Waals surface area contributed by atoms with Crippen LogP contribution in [0.3, 0.4) is 0 Å². The van der Waals surface area contributed by atoms with Crippen molar-refractivity contribution in [3.63, 3.8) is 0 Å². The molecule has 0 spiro atoms. The van der Waals surface area contributed by atoms with E-state index < -0.39 is 0 Å². The molecular weight excluding hydrogens is 382 g/mol. The van der Waals surface area contributed by atoms with Crippen LogP contribution in [0.15, 0.2) is 53.0 Å². The van der Waals surface area contributed by atoms with Crippen LogP contribution in [0.5, 0.6) is 0 Å². The Morgan fingerprint density at radius 3 is 2.92 bits per heavy atom. The van der Waals surface area contributed by atoms with Gasteiger partial charge >= 0.3 is 0 Å². The van der Waals surface area contributed by atoms with Gasteiger partial charge in [-0.25, -0.2) is 0 Å². The SMILES string of the molecule is C[C@H]1Cc2ccccc2N1CCCNC(=S)Nc1cccc(Br)c1. The molecule has 2 aromatic rings. The monoisotopic (exact) mass is 403 g/mol. The molecule has 2 aromatic carbocycles. The normalized spacial score (nSPS) is 15.9. The molecule has 2 N–H and O–H groups in total. The van der Waals surface area contributed by atoms with E-state index in [4.69, 9.17) is 12.2 Å². The lowest BCUT2D eigenvalue weighted by molar-refractivity contribution is 0.641. The summed E-state index contributed by atoms with van der Waals surface area (Å²) in [5, 5.41) is 7.17. The standard InChI is InChI=1S/C19H22BrN3S/c1-14-12-15-6-2-3-9-18(15)23(14)11-5-10-21-19(24)22-17-8-4-7-16(20)13-17/h2-4,6-9,13-14H,5,10-12H2,1H3,(H2,21,22,24)/t14-/m0/s1. The smallest absolute Gasteiger partial charge is 0.170 e. The number of para-hydroxylation sites is 1. The summed E-state index contributed by atoms with van der Waals surface area (Å²) in [7, 11) is 0. The Balaban J connectivity index is 1.43. The highest BCUT2D eigenvalue weighted by Crippen LogP contribution is 2.31. The van der Waals surface area contributed by atoms with E-state index in [0.29, 0.717) is 11.2 Å². The van der Waals surface area contributed by atoms with Crippen LogP contribution in [-0.2, 0) is 6.42 Å². The summed E-state index contributed by atoms with van der Waals surface area (Å²) in [6, 6.07) is 17.3. The Kier molecular flexibility index (Phi) is 5.74. The number of hydrogen-bond acceptors (Lipinski definition) is 2. The van der Waals surface area contributed by atoms with Crippen LogP contribution in [0, 0.1) is 0 Å². The summed E-state index contributed by atoms with van der Waals surface area (Å²) >= 11 is 8.83. The first kappa shape index (κ1) is 17.2. The molecule has 0 fully saturated rings. The van der Waals surface area contributed by atoms with Crippen molar-refractivity contribution in [3.05, 3.63) is 58.6 Å². The fraction of sp³-hybridized carbons (Fsp3) is 0.316. The van der Waals surface area contributed by atoms with Gasteiger partial charge in [0.05, 0.1) is 0 Å². The molecule has 0 radical (unpaired) electrons. The molecule has 0 aromatic heterocycles. The highest BCUT2D eigenvalue weighted by atomic mass is 79.9. The minimum absolute atomic E-state index is 0.578. The van der Waals surface area contributed by atoms with Gasteiger partial charge < -0.3 is 15.5 Å². The molecule has 1 heterocycles. The van der Waals surface area contributed by atoms with Crippen LogP contribution < -0.4 is 15.5 Å². The van der Waals surface area contributed by atoms with Gasteiger partial charge in [0.2, 0.25) is 0 Å². The summed E-state index contributed by atoms with van der Waals surface area (Å²) in [4.78, 5) is 2.50. The van der Waals surface area contributed by atoms with Crippen LogP contribution in [0.1, 0.15) is 18.9 Å². The lowest BCUT2D eigenvalue weighted by Gasteiger charge is -2.25. The molecular formula is C19H22BrN3S. The quantitative estimate of drug-likeness (QED) is 0.564. The van der Waals surface area contributed by atoms with Crippen LogP contribution >= 0.6 is 28.1 Å². The van der Waals surface area contributed by atoms with Crippen molar-refractivity contribution in [2.45, 2.75) is 25.8 Å². The van der Waals surface area contributed by atoms with Gasteiger partial charge in [-0.1, -0.05) is 40.2 Å². The minimum atomic E-state index is 0.578. The van der Waals surface area contributed by atoms with E-state index in [9.17, 15) is 0 Å². The molecule has 0 unspecified atom stereocenters. The van der Waals surface area contributed by atoms with Crippen LogP contribution in [-0.4, -0.2) is 24.2 Å². The van der Waals surface area contributed by atoms with E-state index in [1.54, 1.807) is 0 Å². The number of anilines is 2. The number of fused-ring (bicyclic) bond motifs is 1. The Morgan fingerprint density at radius 2 is 2.08 bits per heavy atom. The van der Waals surface area contributed by atoms with Gasteiger partial charge in [0.1, 0.15) is 0 Å². The van der Waals surface area contributed by atoms with Crippen molar-refractivity contribution >= 4 is 44.6 Å². The molecule has 1 aliphatic heterocycles. The number of thiocarbonyl (C=S) groups is 1. The van der Waals surface area contributed by atoms with E-state index >= 15 is 0 Å². The number of nitrogens with zero attached hydrogens (tertiary/aromatic N) is 1. The molecule has 1 atom stereocenters. The van der Waals surface area contributed by atoms with Gasteiger partial charge in [0, 0.05) is 35.0 Å². The number of rotatable bonds is 5. The molecule has 24 heavy (non-hydrogen) atoms. The number of benzene rings is 2. The van der Waals surface area contributed by atoms with Gasteiger partial charge in [-0.2, -0.15) is 0 Å². The van der Waals surface area contributed by atoms with E-state index in [1.165, 1.54) is 11.3 Å². The highest BCUT2D eigenvalue weighted by molar-refractivity contribution is 9.10. The van der Waals surface area contributed by atoms with Gasteiger partial charge in [0.25, 0.3) is 0 Å². The fourth-order valence-electron chi connectivity index (χ4n) is 3.16. The zero-order valence-electron chi connectivity index (χ0n) is 13.8. The maximum absolute atomic E-state index is 5.36. The maximum Gasteiger partial charge on any atom is 0.170 e. The lowest BCUT2D eigenvalue weighted by Crippen LogP contribution is -2.34. The molecule has 0 bridgehead atoms. The zero-order valence-corrected chi connectivity index (χ0v) is 16.2. The summed E-state index contributed by atoms with van der Waals surface area (Å²) < 4.78 is 1.04. The highest BCUT2D eigenvalue weighted by Gasteiger charge is 2.24. The van der Waals surface area contributed by atoms with Crippen molar-refractivity contribution in [1.29, 1.82) is 0 Å². The Labute approximate surface area is 157 Å². The van der Waals surface area contributed by atoms with Crippen molar-refractivity contribution in [2.75, 3.05) is 23.3 Å². The number of hydrogen-bond donors (Lipinski definition) is 2. The topological polar surface area (TPSA) is 27.3 Å². The predicted octanol–water partition coefficient (Wildman–Crippen LogP) is 4.58. The molecule has 3 nitrogen and oxygen atoms in total. The molecule has 126 valence electrons. The predicted molar refractivity (Wildman–Crippen MR) is 110 cm³/mol. The molecule has 0 saturated heterocycles. The van der Waals surface area contributed by atoms with E-state index in [0.717, 1.165) is 36.1 Å². The third-order valence-corrected chi connectivity index (χ3v) is 5.03. The maximum atomic E-state index is 5.36. The second-order valence-corrected chi connectivity index (χ2v) is 7.44. The Bertz CT molecular complexity index is 719. The third kappa shape index (κ3) is 4.28. The molecule has 0 aliphatic carbocycles. The van der Waals surface area contributed by atoms with Gasteiger partial charge in [0.15, 0.2) is 5.11 Å². The second-order valence-electron chi connectivity index (χ2n) is 6.12. The summed E-state index contributed by atoms with van der Waals surface area (Å²) in [5.41, 5.74) is 3.84. The average molecular weight is 404 g/mol. The van der Waals surface area contributed by atoms with Gasteiger partial charge in [-0.15, -0.1) is 0 Å². The van der Waals surface area contributed by atoms with E-state index in [2.05, 4.69) is 62.7 Å². The molecule has 1 aliphatic rings. The van der Waals surface area contributed by atoms with Gasteiger partial charge in [-0.05, 0) is 61.8 Å². The number of halogens is 1.